The summed E-state index contributed by atoms with van der Waals surface area (Å²) >= 11 is 0. The normalized spacial score (nSPS) is 10.2. The average molecular weight is 297 g/mol. The van der Waals surface area contributed by atoms with E-state index in [1.165, 1.54) is 0 Å². The maximum Gasteiger partial charge on any atom is 0.239 e. The van der Waals surface area contributed by atoms with Crippen LogP contribution in [0.2, 0.25) is 0 Å². The fraction of sp³-hybridized carbons (Fsp3) is 0.667. The van der Waals surface area contributed by atoms with E-state index in [0.29, 0.717) is 19.1 Å². The standard InChI is InChI=1S/C12H23N7O2/c1-4-19(5-2)12-17-10(13)16-11(18-12)15-8-9(20)14-6-7-21-3/h4-8H2,1-3H3,(H,14,20)(H3,13,15,16,17,18). The smallest absolute Gasteiger partial charge is 0.239 e. The number of rotatable bonds is 9. The molecule has 0 fully saturated rings. The summed E-state index contributed by atoms with van der Waals surface area (Å²) in [7, 11) is 1.58. The van der Waals surface area contributed by atoms with Crippen LogP contribution in [-0.2, 0) is 9.53 Å². The van der Waals surface area contributed by atoms with Gasteiger partial charge in [0.2, 0.25) is 23.8 Å². The number of anilines is 3. The molecule has 0 spiro atoms. The van der Waals surface area contributed by atoms with E-state index in [1.807, 2.05) is 18.7 Å². The molecule has 1 rings (SSSR count). The van der Waals surface area contributed by atoms with Crippen LogP contribution < -0.4 is 21.3 Å². The Morgan fingerprint density at radius 3 is 2.62 bits per heavy atom. The van der Waals surface area contributed by atoms with Crippen LogP contribution in [0.5, 0.6) is 0 Å². The molecule has 0 saturated carbocycles. The van der Waals surface area contributed by atoms with Crippen LogP contribution in [0.3, 0.4) is 0 Å². The molecule has 21 heavy (non-hydrogen) atoms. The molecule has 0 atom stereocenters. The van der Waals surface area contributed by atoms with Crippen molar-refractivity contribution in [3.05, 3.63) is 0 Å². The lowest BCUT2D eigenvalue weighted by Crippen LogP contribution is -2.33. The fourth-order valence-corrected chi connectivity index (χ4v) is 1.62. The number of nitrogens with zero attached hydrogens (tertiary/aromatic N) is 4. The van der Waals surface area contributed by atoms with Crippen LogP contribution >= 0.6 is 0 Å². The molecular formula is C12H23N7O2. The predicted molar refractivity (Wildman–Crippen MR) is 81.2 cm³/mol. The molecular weight excluding hydrogens is 274 g/mol. The minimum Gasteiger partial charge on any atom is -0.383 e. The summed E-state index contributed by atoms with van der Waals surface area (Å²) in [5.41, 5.74) is 5.67. The number of aromatic nitrogens is 3. The zero-order valence-corrected chi connectivity index (χ0v) is 12.7. The molecule has 9 nitrogen and oxygen atoms in total. The summed E-state index contributed by atoms with van der Waals surface area (Å²) in [5, 5.41) is 5.52. The average Bonchev–Trinajstić information content (AvgIpc) is 2.46. The molecule has 0 unspecified atom stereocenters. The van der Waals surface area contributed by atoms with Crippen molar-refractivity contribution in [2.24, 2.45) is 0 Å². The van der Waals surface area contributed by atoms with E-state index in [1.54, 1.807) is 7.11 Å². The Morgan fingerprint density at radius 1 is 1.29 bits per heavy atom. The first kappa shape index (κ1) is 16.9. The van der Waals surface area contributed by atoms with Gasteiger partial charge in [0.25, 0.3) is 0 Å². The molecule has 1 aromatic rings. The molecule has 0 bridgehead atoms. The third-order valence-corrected chi connectivity index (χ3v) is 2.72. The van der Waals surface area contributed by atoms with E-state index in [4.69, 9.17) is 10.5 Å². The number of nitrogens with two attached hydrogens (primary N) is 1. The van der Waals surface area contributed by atoms with Crippen molar-refractivity contribution in [2.75, 3.05) is 55.8 Å². The van der Waals surface area contributed by atoms with E-state index >= 15 is 0 Å². The first-order valence-corrected chi connectivity index (χ1v) is 6.86. The van der Waals surface area contributed by atoms with Gasteiger partial charge in [0.15, 0.2) is 0 Å². The highest BCUT2D eigenvalue weighted by Gasteiger charge is 2.10. The van der Waals surface area contributed by atoms with Gasteiger partial charge in [-0.05, 0) is 13.8 Å². The molecule has 0 aliphatic heterocycles. The number of amides is 1. The van der Waals surface area contributed by atoms with Gasteiger partial charge in [0.05, 0.1) is 13.2 Å². The van der Waals surface area contributed by atoms with Gasteiger partial charge in [-0.1, -0.05) is 0 Å². The number of nitrogens with one attached hydrogen (secondary N) is 2. The topological polar surface area (TPSA) is 118 Å². The molecule has 9 heteroatoms. The molecule has 4 N–H and O–H groups in total. The second-order valence-corrected chi connectivity index (χ2v) is 4.19. The number of carbonyl (C=O) groups is 1. The number of nitrogen functional groups attached to an aromatic ring is 1. The Hall–Kier alpha value is -2.16. The van der Waals surface area contributed by atoms with Crippen LogP contribution in [0.25, 0.3) is 0 Å². The van der Waals surface area contributed by atoms with Crippen LogP contribution in [0.15, 0.2) is 0 Å². The molecule has 0 radical (unpaired) electrons. The summed E-state index contributed by atoms with van der Waals surface area (Å²) in [4.78, 5) is 25.8. The molecule has 118 valence electrons. The number of hydrogen-bond donors (Lipinski definition) is 3. The van der Waals surface area contributed by atoms with Gasteiger partial charge in [-0.2, -0.15) is 15.0 Å². The lowest BCUT2D eigenvalue weighted by molar-refractivity contribution is -0.119. The first-order chi connectivity index (χ1) is 10.1. The van der Waals surface area contributed by atoms with Crippen LogP contribution in [-0.4, -0.2) is 60.8 Å². The van der Waals surface area contributed by atoms with E-state index in [0.717, 1.165) is 13.1 Å². The van der Waals surface area contributed by atoms with Gasteiger partial charge in [-0.3, -0.25) is 4.79 Å². The summed E-state index contributed by atoms with van der Waals surface area (Å²) in [6.07, 6.45) is 0. The van der Waals surface area contributed by atoms with Crippen LogP contribution in [0, 0.1) is 0 Å². The Kier molecular flexibility index (Phi) is 7.16. The van der Waals surface area contributed by atoms with Crippen molar-refractivity contribution < 1.29 is 9.53 Å². The maximum atomic E-state index is 11.6. The monoisotopic (exact) mass is 297 g/mol. The molecule has 0 aromatic carbocycles. The van der Waals surface area contributed by atoms with Gasteiger partial charge in [-0.15, -0.1) is 0 Å². The molecule has 1 amide bonds. The van der Waals surface area contributed by atoms with Gasteiger partial charge >= 0.3 is 0 Å². The van der Waals surface area contributed by atoms with Crippen LogP contribution in [0.1, 0.15) is 13.8 Å². The number of ether oxygens (including phenoxy) is 1. The number of hydrogen-bond acceptors (Lipinski definition) is 8. The van der Waals surface area contributed by atoms with E-state index < -0.39 is 0 Å². The molecule has 0 aliphatic carbocycles. The van der Waals surface area contributed by atoms with Crippen LogP contribution in [0.4, 0.5) is 17.8 Å². The second kappa shape index (κ2) is 8.90. The maximum absolute atomic E-state index is 11.6. The molecule has 0 aliphatic rings. The molecule has 1 heterocycles. The minimum absolute atomic E-state index is 0.0604. The molecule has 0 saturated heterocycles. The third-order valence-electron chi connectivity index (χ3n) is 2.72. The van der Waals surface area contributed by atoms with Crippen molar-refractivity contribution in [1.29, 1.82) is 0 Å². The Labute approximate surface area is 124 Å². The minimum atomic E-state index is -0.171. The number of carbonyl (C=O) groups excluding carboxylic acids is 1. The van der Waals surface area contributed by atoms with Crippen molar-refractivity contribution in [1.82, 2.24) is 20.3 Å². The highest BCUT2D eigenvalue weighted by molar-refractivity contribution is 5.80. The largest absolute Gasteiger partial charge is 0.383 e. The SMILES string of the molecule is CCN(CC)c1nc(N)nc(NCC(=O)NCCOC)n1. The summed E-state index contributed by atoms with van der Waals surface area (Å²) in [6, 6.07) is 0. The summed E-state index contributed by atoms with van der Waals surface area (Å²) in [5.74, 6) is 0.727. The molecule has 1 aromatic heterocycles. The Morgan fingerprint density at radius 2 is 2.00 bits per heavy atom. The summed E-state index contributed by atoms with van der Waals surface area (Å²) in [6.45, 7) is 6.51. The Balaban J connectivity index is 2.60. The Bertz CT molecular complexity index is 451. The zero-order chi connectivity index (χ0) is 15.7. The second-order valence-electron chi connectivity index (χ2n) is 4.19. The van der Waals surface area contributed by atoms with E-state index in [2.05, 4.69) is 25.6 Å². The van der Waals surface area contributed by atoms with Crippen molar-refractivity contribution >= 4 is 23.8 Å². The fourth-order valence-electron chi connectivity index (χ4n) is 1.62. The third kappa shape index (κ3) is 5.78. The zero-order valence-electron chi connectivity index (χ0n) is 12.7. The van der Waals surface area contributed by atoms with E-state index in [9.17, 15) is 4.79 Å². The predicted octanol–water partition coefficient (Wildman–Crippen LogP) is -0.525. The van der Waals surface area contributed by atoms with Gasteiger partial charge in [-0.25, -0.2) is 0 Å². The van der Waals surface area contributed by atoms with Gasteiger partial charge in [0.1, 0.15) is 0 Å². The number of methoxy groups -OCH3 is 1. The highest BCUT2D eigenvalue weighted by atomic mass is 16.5. The van der Waals surface area contributed by atoms with Crippen molar-refractivity contribution in [3.63, 3.8) is 0 Å². The highest BCUT2D eigenvalue weighted by Crippen LogP contribution is 2.11. The van der Waals surface area contributed by atoms with E-state index in [-0.39, 0.29) is 24.3 Å². The summed E-state index contributed by atoms with van der Waals surface area (Å²) < 4.78 is 4.85. The van der Waals surface area contributed by atoms with Gasteiger partial charge < -0.3 is 26.0 Å². The van der Waals surface area contributed by atoms with Crippen molar-refractivity contribution in [2.45, 2.75) is 13.8 Å². The first-order valence-electron chi connectivity index (χ1n) is 6.86. The quantitative estimate of drug-likeness (QED) is 0.521. The van der Waals surface area contributed by atoms with Gasteiger partial charge in [0, 0.05) is 26.7 Å². The lowest BCUT2D eigenvalue weighted by atomic mass is 10.5. The van der Waals surface area contributed by atoms with Crippen molar-refractivity contribution in [3.8, 4) is 0 Å². The lowest BCUT2D eigenvalue weighted by Gasteiger charge is -2.18.